The first kappa shape index (κ1) is 15.0. The zero-order chi connectivity index (χ0) is 13.6. The number of aromatic hydroxyl groups is 1. The Kier molecular flexibility index (Phi) is 5.59. The molecule has 0 aromatic heterocycles. The molecule has 4 nitrogen and oxygen atoms in total. The fraction of sp³-hybridized carbons (Fsp3) is 0.571. The van der Waals surface area contributed by atoms with Crippen molar-refractivity contribution in [3.05, 3.63) is 29.8 Å². The number of aliphatic hydroxyl groups excluding tert-OH is 2. The number of benzene rings is 1. The van der Waals surface area contributed by atoms with Gasteiger partial charge >= 0.3 is 0 Å². The minimum atomic E-state index is -0.654. The highest BCUT2D eigenvalue weighted by molar-refractivity contribution is 5.28. The second-order valence-electron chi connectivity index (χ2n) is 4.65. The molecule has 4 N–H and O–H groups in total. The summed E-state index contributed by atoms with van der Waals surface area (Å²) in [6.45, 7) is 3.77. The van der Waals surface area contributed by atoms with Gasteiger partial charge in [0.2, 0.25) is 0 Å². The maximum atomic E-state index is 9.45. The molecule has 0 heterocycles. The Balaban J connectivity index is 2.86. The SMILES string of the molecule is CCC(NC(CC)(CO)CO)c1ccc(O)cc1. The summed E-state index contributed by atoms with van der Waals surface area (Å²) in [5, 5.41) is 31.5. The summed E-state index contributed by atoms with van der Waals surface area (Å²) in [6, 6.07) is 7.04. The summed E-state index contributed by atoms with van der Waals surface area (Å²) >= 11 is 0. The zero-order valence-corrected chi connectivity index (χ0v) is 11.1. The largest absolute Gasteiger partial charge is 0.508 e. The number of nitrogens with one attached hydrogen (secondary N) is 1. The van der Waals surface area contributed by atoms with Gasteiger partial charge in [0.25, 0.3) is 0 Å². The first-order chi connectivity index (χ1) is 8.60. The monoisotopic (exact) mass is 253 g/mol. The molecule has 1 aromatic rings. The average molecular weight is 253 g/mol. The summed E-state index contributed by atoms with van der Waals surface area (Å²) in [4.78, 5) is 0. The van der Waals surface area contributed by atoms with Crippen LogP contribution in [0.4, 0.5) is 0 Å². The minimum absolute atomic E-state index is 0.0462. The van der Waals surface area contributed by atoms with Gasteiger partial charge < -0.3 is 20.6 Å². The molecular formula is C14H23NO3. The molecule has 18 heavy (non-hydrogen) atoms. The molecule has 0 saturated heterocycles. The molecule has 102 valence electrons. The van der Waals surface area contributed by atoms with Crippen LogP contribution in [-0.4, -0.2) is 34.1 Å². The molecule has 1 unspecified atom stereocenters. The number of phenols is 1. The lowest BCUT2D eigenvalue weighted by atomic mass is 9.94. The van der Waals surface area contributed by atoms with Gasteiger partial charge in [0.15, 0.2) is 0 Å². The highest BCUT2D eigenvalue weighted by atomic mass is 16.3. The first-order valence-electron chi connectivity index (χ1n) is 6.39. The summed E-state index contributed by atoms with van der Waals surface area (Å²) < 4.78 is 0. The molecule has 0 saturated carbocycles. The third-order valence-corrected chi connectivity index (χ3v) is 3.47. The van der Waals surface area contributed by atoms with E-state index >= 15 is 0 Å². The summed E-state index contributed by atoms with van der Waals surface area (Å²) in [5.74, 6) is 0.236. The van der Waals surface area contributed by atoms with Crippen molar-refractivity contribution in [3.8, 4) is 5.75 Å². The molecule has 1 aromatic carbocycles. The van der Waals surface area contributed by atoms with E-state index < -0.39 is 5.54 Å². The Labute approximate surface area is 108 Å². The van der Waals surface area contributed by atoms with E-state index in [1.165, 1.54) is 0 Å². The van der Waals surface area contributed by atoms with Crippen LogP contribution in [0.3, 0.4) is 0 Å². The first-order valence-corrected chi connectivity index (χ1v) is 6.39. The van der Waals surface area contributed by atoms with Crippen molar-refractivity contribution in [2.75, 3.05) is 13.2 Å². The second kappa shape index (κ2) is 6.73. The van der Waals surface area contributed by atoms with Gasteiger partial charge in [0.05, 0.1) is 18.8 Å². The molecule has 4 heteroatoms. The maximum absolute atomic E-state index is 9.45. The van der Waals surface area contributed by atoms with E-state index in [9.17, 15) is 15.3 Å². The Bertz CT molecular complexity index is 338. The molecule has 0 aliphatic rings. The van der Waals surface area contributed by atoms with E-state index in [0.717, 1.165) is 12.0 Å². The van der Waals surface area contributed by atoms with Gasteiger partial charge in [-0.1, -0.05) is 26.0 Å². The average Bonchev–Trinajstić information content (AvgIpc) is 2.42. The Hall–Kier alpha value is -1.10. The number of phenolic OH excluding ortho intramolecular Hbond substituents is 1. The maximum Gasteiger partial charge on any atom is 0.115 e. The van der Waals surface area contributed by atoms with Crippen molar-refractivity contribution < 1.29 is 15.3 Å². The fourth-order valence-electron chi connectivity index (χ4n) is 1.96. The van der Waals surface area contributed by atoms with Crippen LogP contribution in [0.15, 0.2) is 24.3 Å². The molecule has 0 spiro atoms. The normalized spacial score (nSPS) is 13.6. The Morgan fingerprint density at radius 2 is 1.67 bits per heavy atom. The van der Waals surface area contributed by atoms with E-state index in [4.69, 9.17) is 0 Å². The van der Waals surface area contributed by atoms with Crippen LogP contribution < -0.4 is 5.32 Å². The third kappa shape index (κ3) is 3.45. The van der Waals surface area contributed by atoms with Crippen LogP contribution in [0.5, 0.6) is 5.75 Å². The molecule has 1 rings (SSSR count). The van der Waals surface area contributed by atoms with E-state index in [1.54, 1.807) is 12.1 Å². The molecule has 0 amide bonds. The molecular weight excluding hydrogens is 230 g/mol. The smallest absolute Gasteiger partial charge is 0.115 e. The molecule has 0 radical (unpaired) electrons. The Morgan fingerprint density at radius 3 is 2.06 bits per heavy atom. The topological polar surface area (TPSA) is 72.7 Å². The molecule has 0 fully saturated rings. The van der Waals surface area contributed by atoms with E-state index in [2.05, 4.69) is 5.32 Å². The lowest BCUT2D eigenvalue weighted by molar-refractivity contribution is 0.0768. The van der Waals surface area contributed by atoms with Crippen LogP contribution in [0.1, 0.15) is 38.3 Å². The standard InChI is InChI=1S/C14H23NO3/c1-3-13(11-5-7-12(18)8-6-11)15-14(4-2,9-16)10-17/h5-8,13,15-18H,3-4,9-10H2,1-2H3. The number of hydrogen-bond donors (Lipinski definition) is 4. The highest BCUT2D eigenvalue weighted by Crippen LogP contribution is 2.23. The van der Waals surface area contributed by atoms with Crippen molar-refractivity contribution in [2.45, 2.75) is 38.3 Å². The number of hydrogen-bond acceptors (Lipinski definition) is 4. The summed E-state index contributed by atoms with van der Waals surface area (Å²) in [6.07, 6.45) is 1.49. The van der Waals surface area contributed by atoms with Crippen LogP contribution in [0.25, 0.3) is 0 Å². The fourth-order valence-corrected chi connectivity index (χ4v) is 1.96. The zero-order valence-electron chi connectivity index (χ0n) is 11.1. The molecule has 1 atom stereocenters. The van der Waals surface area contributed by atoms with Crippen LogP contribution in [-0.2, 0) is 0 Å². The van der Waals surface area contributed by atoms with Crippen molar-refractivity contribution >= 4 is 0 Å². The van der Waals surface area contributed by atoms with Gasteiger partial charge in [-0.2, -0.15) is 0 Å². The van der Waals surface area contributed by atoms with Gasteiger partial charge in [-0.05, 0) is 30.5 Å². The van der Waals surface area contributed by atoms with Crippen molar-refractivity contribution in [2.24, 2.45) is 0 Å². The number of aliphatic hydroxyl groups is 2. The molecule has 0 bridgehead atoms. The second-order valence-corrected chi connectivity index (χ2v) is 4.65. The third-order valence-electron chi connectivity index (χ3n) is 3.47. The highest BCUT2D eigenvalue weighted by Gasteiger charge is 2.29. The van der Waals surface area contributed by atoms with Gasteiger partial charge in [-0.3, -0.25) is 0 Å². The van der Waals surface area contributed by atoms with Crippen molar-refractivity contribution in [1.82, 2.24) is 5.32 Å². The van der Waals surface area contributed by atoms with E-state index in [-0.39, 0.29) is 25.0 Å². The quantitative estimate of drug-likeness (QED) is 0.595. The van der Waals surface area contributed by atoms with Crippen LogP contribution in [0, 0.1) is 0 Å². The van der Waals surface area contributed by atoms with Crippen LogP contribution in [0.2, 0.25) is 0 Å². The summed E-state index contributed by atoms with van der Waals surface area (Å²) in [5.41, 5.74) is 0.383. The summed E-state index contributed by atoms with van der Waals surface area (Å²) in [7, 11) is 0. The van der Waals surface area contributed by atoms with Gasteiger partial charge in [-0.25, -0.2) is 0 Å². The minimum Gasteiger partial charge on any atom is -0.508 e. The van der Waals surface area contributed by atoms with Gasteiger partial charge in [-0.15, -0.1) is 0 Å². The Morgan fingerprint density at radius 1 is 1.11 bits per heavy atom. The van der Waals surface area contributed by atoms with Crippen LogP contribution >= 0.6 is 0 Å². The lowest BCUT2D eigenvalue weighted by Gasteiger charge is -2.34. The van der Waals surface area contributed by atoms with E-state index in [0.29, 0.717) is 6.42 Å². The lowest BCUT2D eigenvalue weighted by Crippen LogP contribution is -2.52. The van der Waals surface area contributed by atoms with E-state index in [1.807, 2.05) is 26.0 Å². The van der Waals surface area contributed by atoms with Crippen molar-refractivity contribution in [3.63, 3.8) is 0 Å². The number of rotatable bonds is 7. The van der Waals surface area contributed by atoms with Gasteiger partial charge in [0.1, 0.15) is 5.75 Å². The van der Waals surface area contributed by atoms with Crippen molar-refractivity contribution in [1.29, 1.82) is 0 Å². The molecule has 0 aliphatic carbocycles. The predicted molar refractivity (Wildman–Crippen MR) is 71.5 cm³/mol. The predicted octanol–water partition coefficient (Wildman–Crippen LogP) is 1.57. The molecule has 0 aliphatic heterocycles. The van der Waals surface area contributed by atoms with Gasteiger partial charge in [0, 0.05) is 6.04 Å².